The molecule has 0 heterocycles. The SMILES string of the molecule is COc1ccc(NC(C)(C#N)c2cc(Br)ccc2F)cc1. The Labute approximate surface area is 131 Å². The van der Waals surface area contributed by atoms with E-state index in [1.54, 1.807) is 50.4 Å². The minimum Gasteiger partial charge on any atom is -0.497 e. The monoisotopic (exact) mass is 348 g/mol. The Balaban J connectivity index is 2.36. The zero-order chi connectivity index (χ0) is 15.5. The third-order valence-corrected chi connectivity index (χ3v) is 3.67. The van der Waals surface area contributed by atoms with Crippen LogP contribution in [0.15, 0.2) is 46.9 Å². The molecule has 108 valence electrons. The molecule has 0 aliphatic carbocycles. The number of methoxy groups -OCH3 is 1. The number of nitrogens with zero attached hydrogens (tertiary/aromatic N) is 1. The van der Waals surface area contributed by atoms with E-state index in [2.05, 4.69) is 27.3 Å². The van der Waals surface area contributed by atoms with Crippen molar-refractivity contribution < 1.29 is 9.13 Å². The van der Waals surface area contributed by atoms with Gasteiger partial charge in [0, 0.05) is 15.7 Å². The lowest BCUT2D eigenvalue weighted by molar-refractivity contribution is 0.415. The summed E-state index contributed by atoms with van der Waals surface area (Å²) in [5, 5.41) is 12.6. The van der Waals surface area contributed by atoms with Crippen LogP contribution >= 0.6 is 15.9 Å². The summed E-state index contributed by atoms with van der Waals surface area (Å²) >= 11 is 3.30. The van der Waals surface area contributed by atoms with Crippen molar-refractivity contribution in [2.24, 2.45) is 0 Å². The van der Waals surface area contributed by atoms with E-state index in [4.69, 9.17) is 4.74 Å². The molecule has 2 aromatic rings. The Bertz CT molecular complexity index is 682. The molecule has 0 aromatic heterocycles. The van der Waals surface area contributed by atoms with E-state index in [1.165, 1.54) is 6.07 Å². The number of nitriles is 1. The van der Waals surface area contributed by atoms with E-state index >= 15 is 0 Å². The normalized spacial score (nSPS) is 13.1. The molecule has 1 N–H and O–H groups in total. The van der Waals surface area contributed by atoms with Crippen molar-refractivity contribution in [1.29, 1.82) is 5.26 Å². The van der Waals surface area contributed by atoms with Crippen molar-refractivity contribution >= 4 is 21.6 Å². The van der Waals surface area contributed by atoms with Crippen LogP contribution in [0.2, 0.25) is 0 Å². The van der Waals surface area contributed by atoms with E-state index in [0.29, 0.717) is 11.4 Å². The van der Waals surface area contributed by atoms with Crippen LogP contribution < -0.4 is 10.1 Å². The molecule has 0 aliphatic heterocycles. The van der Waals surface area contributed by atoms with E-state index in [1.807, 2.05) is 0 Å². The first-order valence-corrected chi connectivity index (χ1v) is 7.07. The number of rotatable bonds is 4. The van der Waals surface area contributed by atoms with Crippen LogP contribution in [0.4, 0.5) is 10.1 Å². The van der Waals surface area contributed by atoms with E-state index in [-0.39, 0.29) is 5.56 Å². The number of hydrogen-bond acceptors (Lipinski definition) is 3. The maximum absolute atomic E-state index is 14.0. The first-order valence-electron chi connectivity index (χ1n) is 6.27. The van der Waals surface area contributed by atoms with Gasteiger partial charge in [0.1, 0.15) is 11.6 Å². The maximum atomic E-state index is 14.0. The summed E-state index contributed by atoms with van der Waals surface area (Å²) in [6.45, 7) is 1.64. The van der Waals surface area contributed by atoms with Crippen molar-refractivity contribution in [3.63, 3.8) is 0 Å². The van der Waals surface area contributed by atoms with Crippen molar-refractivity contribution in [2.75, 3.05) is 12.4 Å². The second kappa shape index (κ2) is 6.15. The second-order valence-electron chi connectivity index (χ2n) is 4.71. The average molecular weight is 349 g/mol. The zero-order valence-corrected chi connectivity index (χ0v) is 13.2. The lowest BCUT2D eigenvalue weighted by Gasteiger charge is -2.25. The van der Waals surface area contributed by atoms with Gasteiger partial charge in [0.05, 0.1) is 13.2 Å². The second-order valence-corrected chi connectivity index (χ2v) is 5.63. The van der Waals surface area contributed by atoms with Crippen LogP contribution in [-0.2, 0) is 5.54 Å². The number of anilines is 1. The average Bonchev–Trinajstić information content (AvgIpc) is 2.50. The molecule has 0 spiro atoms. The molecule has 0 radical (unpaired) electrons. The van der Waals surface area contributed by atoms with Gasteiger partial charge in [0.25, 0.3) is 0 Å². The van der Waals surface area contributed by atoms with E-state index in [9.17, 15) is 9.65 Å². The number of hydrogen-bond donors (Lipinski definition) is 1. The van der Waals surface area contributed by atoms with Gasteiger partial charge in [-0.2, -0.15) is 5.26 Å². The summed E-state index contributed by atoms with van der Waals surface area (Å²) in [4.78, 5) is 0. The van der Waals surface area contributed by atoms with Crippen molar-refractivity contribution in [1.82, 2.24) is 0 Å². The van der Waals surface area contributed by atoms with Crippen molar-refractivity contribution in [2.45, 2.75) is 12.5 Å². The Kier molecular flexibility index (Phi) is 4.49. The first-order chi connectivity index (χ1) is 9.98. The summed E-state index contributed by atoms with van der Waals surface area (Å²) in [5.41, 5.74) is -0.183. The fourth-order valence-electron chi connectivity index (χ4n) is 2.00. The molecule has 3 nitrogen and oxygen atoms in total. The van der Waals surface area contributed by atoms with Crippen LogP contribution in [-0.4, -0.2) is 7.11 Å². The minimum absolute atomic E-state index is 0.287. The molecule has 0 bridgehead atoms. The molecule has 5 heteroatoms. The van der Waals surface area contributed by atoms with Gasteiger partial charge in [0.2, 0.25) is 0 Å². The van der Waals surface area contributed by atoms with E-state index < -0.39 is 11.4 Å². The van der Waals surface area contributed by atoms with Gasteiger partial charge >= 0.3 is 0 Å². The number of halogens is 2. The molecule has 0 saturated carbocycles. The van der Waals surface area contributed by atoms with Gasteiger partial charge < -0.3 is 10.1 Å². The Morgan fingerprint density at radius 1 is 1.24 bits per heavy atom. The predicted octanol–water partition coefficient (Wildman–Crippen LogP) is 4.45. The quantitative estimate of drug-likeness (QED) is 0.887. The standard InChI is InChI=1S/C16H14BrFN2O/c1-16(10-19,14-9-11(17)3-8-15(14)18)20-12-4-6-13(21-2)7-5-12/h3-9,20H,1-2H3. The largest absolute Gasteiger partial charge is 0.497 e. The van der Waals surface area contributed by atoms with Gasteiger partial charge in [-0.1, -0.05) is 15.9 Å². The Morgan fingerprint density at radius 2 is 1.90 bits per heavy atom. The third-order valence-electron chi connectivity index (χ3n) is 3.18. The minimum atomic E-state index is -1.18. The summed E-state index contributed by atoms with van der Waals surface area (Å²) < 4.78 is 19.8. The van der Waals surface area contributed by atoms with Crippen LogP contribution in [0, 0.1) is 17.1 Å². The Morgan fingerprint density at radius 3 is 2.48 bits per heavy atom. The highest BCUT2D eigenvalue weighted by Crippen LogP contribution is 2.30. The van der Waals surface area contributed by atoms with Crippen LogP contribution in [0.1, 0.15) is 12.5 Å². The topological polar surface area (TPSA) is 45.0 Å². The summed E-state index contributed by atoms with van der Waals surface area (Å²) in [6.07, 6.45) is 0. The number of nitrogens with one attached hydrogen (secondary N) is 1. The fraction of sp³-hybridized carbons (Fsp3) is 0.188. The smallest absolute Gasteiger partial charge is 0.151 e. The first kappa shape index (κ1) is 15.3. The van der Waals surface area contributed by atoms with Crippen molar-refractivity contribution in [3.05, 3.63) is 58.3 Å². The summed E-state index contributed by atoms with van der Waals surface area (Å²) in [7, 11) is 1.58. The maximum Gasteiger partial charge on any atom is 0.151 e. The molecule has 1 atom stereocenters. The molecule has 0 fully saturated rings. The molecular weight excluding hydrogens is 335 g/mol. The lowest BCUT2D eigenvalue weighted by atomic mass is 9.92. The molecule has 0 amide bonds. The molecule has 21 heavy (non-hydrogen) atoms. The van der Waals surface area contributed by atoms with E-state index in [0.717, 1.165) is 4.47 Å². The van der Waals surface area contributed by atoms with Gasteiger partial charge in [0.15, 0.2) is 5.54 Å². The molecule has 0 saturated heterocycles. The highest BCUT2D eigenvalue weighted by Gasteiger charge is 2.29. The number of ether oxygens (including phenoxy) is 1. The van der Waals surface area contributed by atoms with Gasteiger partial charge in [-0.05, 0) is 49.4 Å². The fourth-order valence-corrected chi connectivity index (χ4v) is 2.36. The highest BCUT2D eigenvalue weighted by molar-refractivity contribution is 9.10. The highest BCUT2D eigenvalue weighted by atomic mass is 79.9. The zero-order valence-electron chi connectivity index (χ0n) is 11.7. The van der Waals surface area contributed by atoms with Crippen molar-refractivity contribution in [3.8, 4) is 11.8 Å². The van der Waals surface area contributed by atoms with Gasteiger partial charge in [-0.15, -0.1) is 0 Å². The summed E-state index contributed by atoms with van der Waals surface area (Å²) in [6, 6.07) is 13.8. The van der Waals surface area contributed by atoms with Gasteiger partial charge in [-0.3, -0.25) is 0 Å². The third kappa shape index (κ3) is 3.34. The number of benzene rings is 2. The van der Waals surface area contributed by atoms with Crippen LogP contribution in [0.25, 0.3) is 0 Å². The molecule has 1 unspecified atom stereocenters. The molecule has 2 aromatic carbocycles. The molecule has 0 aliphatic rings. The van der Waals surface area contributed by atoms with Crippen LogP contribution in [0.5, 0.6) is 5.75 Å². The molecule has 2 rings (SSSR count). The lowest BCUT2D eigenvalue weighted by Crippen LogP contribution is -2.31. The Hall–Kier alpha value is -2.06. The van der Waals surface area contributed by atoms with Crippen LogP contribution in [0.3, 0.4) is 0 Å². The van der Waals surface area contributed by atoms with Gasteiger partial charge in [-0.25, -0.2) is 4.39 Å². The predicted molar refractivity (Wildman–Crippen MR) is 83.7 cm³/mol. The molecular formula is C16H14BrFN2O. The summed E-state index contributed by atoms with van der Waals surface area (Å²) in [5.74, 6) is 0.288.